The predicted molar refractivity (Wildman–Crippen MR) is 106 cm³/mol. The Kier molecular flexibility index (Phi) is 4.55. The molecule has 2 aromatic carbocycles. The summed E-state index contributed by atoms with van der Waals surface area (Å²) in [5.41, 5.74) is 1.36. The van der Waals surface area contributed by atoms with Crippen molar-refractivity contribution in [1.82, 2.24) is 14.6 Å². The van der Waals surface area contributed by atoms with Gasteiger partial charge in [0.25, 0.3) is 5.56 Å². The number of ether oxygens (including phenoxy) is 2. The lowest BCUT2D eigenvalue weighted by Crippen LogP contribution is -2.23. The molecular formula is C19H14ClN3O3S. The van der Waals surface area contributed by atoms with Crippen LogP contribution in [0, 0.1) is 0 Å². The number of nitrogens with zero attached hydrogens (tertiary/aromatic N) is 3. The topological polar surface area (TPSA) is 65.7 Å². The molecule has 2 heterocycles. The second-order valence-corrected chi connectivity index (χ2v) is 7.11. The number of hydrogen-bond donors (Lipinski definition) is 0. The van der Waals surface area contributed by atoms with Crippen molar-refractivity contribution < 1.29 is 9.47 Å². The normalized spacial score (nSPS) is 11.9. The van der Waals surface area contributed by atoms with Gasteiger partial charge in [-0.3, -0.25) is 4.79 Å². The van der Waals surface area contributed by atoms with Gasteiger partial charge in [0.15, 0.2) is 5.82 Å². The third-order valence-corrected chi connectivity index (χ3v) is 5.22. The summed E-state index contributed by atoms with van der Waals surface area (Å²) in [5, 5.41) is 4.97. The number of thiazole rings is 1. The van der Waals surface area contributed by atoms with Gasteiger partial charge in [-0.2, -0.15) is 9.50 Å². The summed E-state index contributed by atoms with van der Waals surface area (Å²) in [6, 6.07) is 12.6. The molecule has 0 amide bonds. The van der Waals surface area contributed by atoms with Crippen molar-refractivity contribution >= 4 is 34.0 Å². The fraction of sp³-hybridized carbons (Fsp3) is 0.105. The van der Waals surface area contributed by atoms with E-state index in [1.165, 1.54) is 15.9 Å². The van der Waals surface area contributed by atoms with Gasteiger partial charge in [0, 0.05) is 22.2 Å². The fourth-order valence-electron chi connectivity index (χ4n) is 2.63. The van der Waals surface area contributed by atoms with Gasteiger partial charge in [-0.15, -0.1) is 5.10 Å². The van der Waals surface area contributed by atoms with Crippen LogP contribution in [0.2, 0.25) is 5.02 Å². The molecule has 0 bridgehead atoms. The molecule has 0 saturated carbocycles. The molecule has 0 saturated heterocycles. The Hall–Kier alpha value is -2.90. The van der Waals surface area contributed by atoms with E-state index in [-0.39, 0.29) is 5.56 Å². The number of rotatable bonds is 4. The number of fused-ring (bicyclic) bond motifs is 1. The van der Waals surface area contributed by atoms with E-state index >= 15 is 0 Å². The Balaban J connectivity index is 1.79. The predicted octanol–water partition coefficient (Wildman–Crippen LogP) is 3.04. The lowest BCUT2D eigenvalue weighted by Gasteiger charge is -2.06. The maximum Gasteiger partial charge on any atom is 0.291 e. The molecule has 4 aromatic rings. The van der Waals surface area contributed by atoms with Crippen LogP contribution in [0.5, 0.6) is 11.5 Å². The zero-order valence-corrected chi connectivity index (χ0v) is 16.0. The summed E-state index contributed by atoms with van der Waals surface area (Å²) in [4.78, 5) is 17.7. The molecule has 2 aromatic heterocycles. The molecule has 0 fully saturated rings. The third-order valence-electron chi connectivity index (χ3n) is 4.01. The van der Waals surface area contributed by atoms with Crippen LogP contribution in [0.4, 0.5) is 0 Å². The van der Waals surface area contributed by atoms with Crippen molar-refractivity contribution in [2.24, 2.45) is 0 Å². The van der Waals surface area contributed by atoms with Gasteiger partial charge in [-0.1, -0.05) is 22.9 Å². The Morgan fingerprint density at radius 2 is 1.89 bits per heavy atom. The first-order chi connectivity index (χ1) is 13.1. The van der Waals surface area contributed by atoms with Crippen LogP contribution in [0.1, 0.15) is 5.56 Å². The first-order valence-electron chi connectivity index (χ1n) is 7.98. The highest BCUT2D eigenvalue weighted by Crippen LogP contribution is 2.25. The van der Waals surface area contributed by atoms with Crippen LogP contribution in [0.3, 0.4) is 0 Å². The molecule has 0 aliphatic rings. The summed E-state index contributed by atoms with van der Waals surface area (Å²) in [6.07, 6.45) is 1.77. The van der Waals surface area contributed by atoms with Gasteiger partial charge < -0.3 is 9.47 Å². The molecule has 27 heavy (non-hydrogen) atoms. The molecule has 0 aliphatic carbocycles. The van der Waals surface area contributed by atoms with Gasteiger partial charge in [-0.25, -0.2) is 0 Å². The van der Waals surface area contributed by atoms with E-state index in [1.807, 2.05) is 24.3 Å². The zero-order valence-electron chi connectivity index (χ0n) is 14.5. The standard InChI is InChI=1S/C19H14ClN3O3S/c1-25-14-8-5-12(15(10-14)26-2)9-16-18(24)23-19(27-16)21-17(22-23)11-3-6-13(20)7-4-11/h3-10H,1-2H3. The minimum absolute atomic E-state index is 0.222. The lowest BCUT2D eigenvalue weighted by molar-refractivity contribution is 0.393. The van der Waals surface area contributed by atoms with Crippen molar-refractivity contribution in [3.63, 3.8) is 0 Å². The highest BCUT2D eigenvalue weighted by atomic mass is 35.5. The highest BCUT2D eigenvalue weighted by molar-refractivity contribution is 7.15. The summed E-state index contributed by atoms with van der Waals surface area (Å²) in [7, 11) is 3.16. The number of benzene rings is 2. The molecule has 8 heteroatoms. The first-order valence-corrected chi connectivity index (χ1v) is 9.18. The molecule has 4 rings (SSSR count). The van der Waals surface area contributed by atoms with E-state index in [0.717, 1.165) is 11.1 Å². The Morgan fingerprint density at radius 1 is 1.11 bits per heavy atom. The van der Waals surface area contributed by atoms with Crippen molar-refractivity contribution in [3.8, 4) is 22.9 Å². The maximum absolute atomic E-state index is 12.7. The molecule has 136 valence electrons. The van der Waals surface area contributed by atoms with E-state index in [4.69, 9.17) is 21.1 Å². The van der Waals surface area contributed by atoms with Gasteiger partial charge in [-0.05, 0) is 42.5 Å². The van der Waals surface area contributed by atoms with Gasteiger partial charge in [0.2, 0.25) is 4.96 Å². The summed E-state index contributed by atoms with van der Waals surface area (Å²) in [6.45, 7) is 0. The van der Waals surface area contributed by atoms with Crippen LogP contribution in [-0.2, 0) is 0 Å². The minimum atomic E-state index is -0.222. The van der Waals surface area contributed by atoms with Crippen molar-refractivity contribution in [3.05, 3.63) is 67.9 Å². The van der Waals surface area contributed by atoms with E-state index in [1.54, 1.807) is 38.5 Å². The van der Waals surface area contributed by atoms with Gasteiger partial charge in [0.05, 0.1) is 18.8 Å². The van der Waals surface area contributed by atoms with Gasteiger partial charge in [0.1, 0.15) is 11.5 Å². The van der Waals surface area contributed by atoms with Crippen LogP contribution in [0.15, 0.2) is 47.3 Å². The average molecular weight is 400 g/mol. The summed E-state index contributed by atoms with van der Waals surface area (Å²) >= 11 is 7.18. The van der Waals surface area contributed by atoms with Crippen LogP contribution < -0.4 is 19.6 Å². The summed E-state index contributed by atoms with van der Waals surface area (Å²) in [5.74, 6) is 1.79. The number of hydrogen-bond acceptors (Lipinski definition) is 6. The first kappa shape index (κ1) is 17.5. The van der Waals surface area contributed by atoms with Crippen LogP contribution >= 0.6 is 22.9 Å². The second kappa shape index (κ2) is 7.02. The highest BCUT2D eigenvalue weighted by Gasteiger charge is 2.12. The van der Waals surface area contributed by atoms with E-state index in [2.05, 4.69) is 10.1 Å². The van der Waals surface area contributed by atoms with E-state index in [9.17, 15) is 4.79 Å². The van der Waals surface area contributed by atoms with Crippen molar-refractivity contribution in [2.75, 3.05) is 14.2 Å². The van der Waals surface area contributed by atoms with E-state index < -0.39 is 0 Å². The van der Waals surface area contributed by atoms with Crippen molar-refractivity contribution in [1.29, 1.82) is 0 Å². The Bertz CT molecular complexity index is 1230. The fourth-order valence-corrected chi connectivity index (χ4v) is 3.66. The van der Waals surface area contributed by atoms with Crippen LogP contribution in [0.25, 0.3) is 22.4 Å². The molecule has 0 aliphatic heterocycles. The van der Waals surface area contributed by atoms with Crippen LogP contribution in [-0.4, -0.2) is 28.8 Å². The molecule has 0 atom stereocenters. The molecule has 0 radical (unpaired) electrons. The third kappa shape index (κ3) is 3.27. The molecule has 0 unspecified atom stereocenters. The van der Waals surface area contributed by atoms with E-state index in [0.29, 0.717) is 31.8 Å². The lowest BCUT2D eigenvalue weighted by atomic mass is 10.2. The second-order valence-electron chi connectivity index (χ2n) is 5.66. The minimum Gasteiger partial charge on any atom is -0.497 e. The number of methoxy groups -OCH3 is 2. The zero-order chi connectivity index (χ0) is 19.0. The number of aromatic nitrogens is 3. The largest absolute Gasteiger partial charge is 0.497 e. The summed E-state index contributed by atoms with van der Waals surface area (Å²) < 4.78 is 12.4. The van der Waals surface area contributed by atoms with Gasteiger partial charge >= 0.3 is 0 Å². The maximum atomic E-state index is 12.7. The Morgan fingerprint density at radius 3 is 2.56 bits per heavy atom. The monoisotopic (exact) mass is 399 g/mol. The number of halogens is 1. The van der Waals surface area contributed by atoms with Crippen molar-refractivity contribution in [2.45, 2.75) is 0 Å². The smallest absolute Gasteiger partial charge is 0.291 e. The molecule has 0 N–H and O–H groups in total. The average Bonchev–Trinajstić information content (AvgIpc) is 3.22. The quantitative estimate of drug-likeness (QED) is 0.527. The molecule has 0 spiro atoms. The Labute approximate surface area is 163 Å². The molecule has 6 nitrogen and oxygen atoms in total. The SMILES string of the molecule is COc1ccc(C=c2sc3nc(-c4ccc(Cl)cc4)nn3c2=O)c(OC)c1. The molecular weight excluding hydrogens is 386 g/mol.